The van der Waals surface area contributed by atoms with Gasteiger partial charge in [0.05, 0.1) is 9.80 Å². The molecule has 0 saturated carbocycles. The SMILES string of the molecule is Cc1cc(/C=C2/SC(=O)N(CC(=O)N3CCCC3)C2=O)c(C)n1-c1ccc(S(N)(=O)=O)cc1. The molecule has 33 heavy (non-hydrogen) atoms. The Bertz CT molecular complexity index is 1270. The van der Waals surface area contributed by atoms with Crippen LogP contribution < -0.4 is 5.14 Å². The van der Waals surface area contributed by atoms with E-state index >= 15 is 0 Å². The van der Waals surface area contributed by atoms with Crippen molar-refractivity contribution in [3.05, 3.63) is 52.2 Å². The summed E-state index contributed by atoms with van der Waals surface area (Å²) in [4.78, 5) is 40.6. The van der Waals surface area contributed by atoms with E-state index in [0.29, 0.717) is 13.1 Å². The van der Waals surface area contributed by atoms with Crippen molar-refractivity contribution in [1.82, 2.24) is 14.4 Å². The van der Waals surface area contributed by atoms with Crippen LogP contribution in [0, 0.1) is 13.8 Å². The van der Waals surface area contributed by atoms with Crippen LogP contribution in [0.2, 0.25) is 0 Å². The zero-order valence-corrected chi connectivity index (χ0v) is 19.9. The number of nitrogens with zero attached hydrogens (tertiary/aromatic N) is 3. The van der Waals surface area contributed by atoms with Crippen LogP contribution in [0.5, 0.6) is 0 Å². The van der Waals surface area contributed by atoms with Crippen LogP contribution in [0.4, 0.5) is 4.79 Å². The molecule has 1 aromatic heterocycles. The van der Waals surface area contributed by atoms with Crippen LogP contribution in [0.15, 0.2) is 40.1 Å². The molecule has 0 unspecified atom stereocenters. The number of sulfonamides is 1. The van der Waals surface area contributed by atoms with E-state index in [4.69, 9.17) is 5.14 Å². The van der Waals surface area contributed by atoms with E-state index in [0.717, 1.165) is 52.1 Å². The first-order valence-electron chi connectivity index (χ1n) is 10.4. The average molecular weight is 489 g/mol. The van der Waals surface area contributed by atoms with Crippen LogP contribution in [-0.2, 0) is 19.6 Å². The predicted octanol–water partition coefficient (Wildman–Crippen LogP) is 2.40. The standard InChI is InChI=1S/C22H24N4O5S2/c1-14-11-16(15(2)26(14)17-5-7-18(8-6-17)33(23,30)31)12-19-21(28)25(22(29)32-19)13-20(27)24-9-3-4-10-24/h5-8,11-12H,3-4,9-10,13H2,1-2H3,(H2,23,30,31)/b19-12+. The van der Waals surface area contributed by atoms with Crippen LogP contribution in [-0.4, -0.2) is 59.5 Å². The molecule has 2 aliphatic rings. The molecule has 4 rings (SSSR count). The summed E-state index contributed by atoms with van der Waals surface area (Å²) in [6.45, 7) is 4.84. The smallest absolute Gasteiger partial charge is 0.294 e. The average Bonchev–Trinajstić information content (AvgIpc) is 3.44. The number of rotatable bonds is 5. The molecule has 2 fully saturated rings. The number of amides is 3. The van der Waals surface area contributed by atoms with Gasteiger partial charge in [-0.05, 0) is 80.4 Å². The summed E-state index contributed by atoms with van der Waals surface area (Å²) in [5.74, 6) is -0.683. The lowest BCUT2D eigenvalue weighted by molar-refractivity contribution is -0.135. The van der Waals surface area contributed by atoms with Gasteiger partial charge in [0.15, 0.2) is 0 Å². The maximum absolute atomic E-state index is 12.8. The quantitative estimate of drug-likeness (QED) is 0.645. The molecule has 0 spiro atoms. The van der Waals surface area contributed by atoms with Crippen molar-refractivity contribution in [2.45, 2.75) is 31.6 Å². The molecule has 0 bridgehead atoms. The maximum atomic E-state index is 12.8. The molecule has 1 aromatic carbocycles. The van der Waals surface area contributed by atoms with E-state index in [9.17, 15) is 22.8 Å². The Morgan fingerprint density at radius 1 is 1.12 bits per heavy atom. The minimum Gasteiger partial charge on any atom is -0.341 e. The van der Waals surface area contributed by atoms with Crippen molar-refractivity contribution in [2.24, 2.45) is 5.14 Å². The molecule has 2 saturated heterocycles. The summed E-state index contributed by atoms with van der Waals surface area (Å²) < 4.78 is 24.9. The van der Waals surface area contributed by atoms with Crippen molar-refractivity contribution in [2.75, 3.05) is 19.6 Å². The Morgan fingerprint density at radius 3 is 2.36 bits per heavy atom. The summed E-state index contributed by atoms with van der Waals surface area (Å²) >= 11 is 0.823. The fraction of sp³-hybridized carbons (Fsp3) is 0.318. The molecule has 3 amide bonds. The van der Waals surface area contributed by atoms with Gasteiger partial charge in [0, 0.05) is 30.2 Å². The number of benzene rings is 1. The van der Waals surface area contributed by atoms with Crippen LogP contribution >= 0.6 is 11.8 Å². The zero-order valence-electron chi connectivity index (χ0n) is 18.3. The van der Waals surface area contributed by atoms with Gasteiger partial charge in [-0.3, -0.25) is 19.3 Å². The molecule has 174 valence electrons. The number of carbonyl (C=O) groups is 3. The van der Waals surface area contributed by atoms with E-state index in [1.807, 2.05) is 24.5 Å². The third-order valence-corrected chi connectivity index (χ3v) is 7.64. The minimum atomic E-state index is -3.79. The number of aromatic nitrogens is 1. The number of primary sulfonamides is 1. The topological polar surface area (TPSA) is 123 Å². The number of likely N-dealkylation sites (tertiary alicyclic amines) is 1. The Morgan fingerprint density at radius 2 is 1.76 bits per heavy atom. The normalized spacial score (nSPS) is 18.1. The zero-order chi connectivity index (χ0) is 23.9. The van der Waals surface area contributed by atoms with Crippen LogP contribution in [0.1, 0.15) is 29.8 Å². The second-order valence-corrected chi connectivity index (χ2v) is 10.6. The number of hydrogen-bond donors (Lipinski definition) is 1. The lowest BCUT2D eigenvalue weighted by Crippen LogP contribution is -2.40. The number of nitrogens with two attached hydrogens (primary N) is 1. The van der Waals surface area contributed by atoms with Gasteiger partial charge in [0.25, 0.3) is 11.1 Å². The molecule has 0 radical (unpaired) electrons. The Hall–Kier alpha value is -2.89. The molecular formula is C22H24N4O5S2. The van der Waals surface area contributed by atoms with Gasteiger partial charge in [0.1, 0.15) is 6.54 Å². The van der Waals surface area contributed by atoms with Crippen molar-refractivity contribution >= 4 is 44.9 Å². The third kappa shape index (κ3) is 4.61. The van der Waals surface area contributed by atoms with Gasteiger partial charge in [-0.25, -0.2) is 13.6 Å². The van der Waals surface area contributed by atoms with Crippen molar-refractivity contribution in [3.63, 3.8) is 0 Å². The number of imide groups is 1. The van der Waals surface area contributed by atoms with Gasteiger partial charge >= 0.3 is 0 Å². The molecular weight excluding hydrogens is 464 g/mol. The van der Waals surface area contributed by atoms with Gasteiger partial charge in [-0.1, -0.05) is 0 Å². The first kappa shape index (κ1) is 23.3. The van der Waals surface area contributed by atoms with Gasteiger partial charge in [-0.15, -0.1) is 0 Å². The lowest BCUT2D eigenvalue weighted by Gasteiger charge is -2.18. The van der Waals surface area contributed by atoms with E-state index in [1.165, 1.54) is 12.1 Å². The number of aryl methyl sites for hydroxylation is 1. The van der Waals surface area contributed by atoms with Gasteiger partial charge in [0.2, 0.25) is 15.9 Å². The highest BCUT2D eigenvalue weighted by atomic mass is 32.2. The molecule has 9 nitrogen and oxygen atoms in total. The second kappa shape index (κ2) is 8.81. The first-order chi connectivity index (χ1) is 15.6. The van der Waals surface area contributed by atoms with E-state index < -0.39 is 21.2 Å². The van der Waals surface area contributed by atoms with Crippen LogP contribution in [0.3, 0.4) is 0 Å². The Labute approximate surface area is 196 Å². The molecule has 2 aromatic rings. The minimum absolute atomic E-state index is 0.0195. The van der Waals surface area contributed by atoms with Gasteiger partial charge < -0.3 is 9.47 Å². The fourth-order valence-corrected chi connectivity index (χ4v) is 5.44. The monoisotopic (exact) mass is 488 g/mol. The highest BCUT2D eigenvalue weighted by molar-refractivity contribution is 8.18. The fourth-order valence-electron chi connectivity index (χ4n) is 4.10. The number of hydrogen-bond acceptors (Lipinski definition) is 6. The Kier molecular flexibility index (Phi) is 6.21. The third-order valence-electron chi connectivity index (χ3n) is 5.81. The van der Waals surface area contributed by atoms with Crippen molar-refractivity contribution in [3.8, 4) is 5.69 Å². The van der Waals surface area contributed by atoms with Gasteiger partial charge in [-0.2, -0.15) is 0 Å². The summed E-state index contributed by atoms with van der Waals surface area (Å²) in [5.41, 5.74) is 3.17. The molecule has 0 atom stereocenters. The highest BCUT2D eigenvalue weighted by Crippen LogP contribution is 2.34. The molecule has 0 aliphatic carbocycles. The molecule has 11 heteroatoms. The highest BCUT2D eigenvalue weighted by Gasteiger charge is 2.37. The Balaban J connectivity index is 1.58. The maximum Gasteiger partial charge on any atom is 0.294 e. The summed E-state index contributed by atoms with van der Waals surface area (Å²) in [7, 11) is -3.79. The van der Waals surface area contributed by atoms with E-state index in [2.05, 4.69) is 0 Å². The second-order valence-electron chi connectivity index (χ2n) is 8.06. The first-order valence-corrected chi connectivity index (χ1v) is 12.8. The van der Waals surface area contributed by atoms with Crippen LogP contribution in [0.25, 0.3) is 11.8 Å². The predicted molar refractivity (Wildman–Crippen MR) is 125 cm³/mol. The van der Waals surface area contributed by atoms with E-state index in [-0.39, 0.29) is 22.3 Å². The summed E-state index contributed by atoms with van der Waals surface area (Å²) in [6, 6.07) is 8.06. The lowest BCUT2D eigenvalue weighted by atomic mass is 10.2. The largest absolute Gasteiger partial charge is 0.341 e. The molecule has 3 heterocycles. The molecule has 2 aliphatic heterocycles. The van der Waals surface area contributed by atoms with E-state index in [1.54, 1.807) is 23.1 Å². The summed E-state index contributed by atoms with van der Waals surface area (Å²) in [5, 5.41) is 4.72. The summed E-state index contributed by atoms with van der Waals surface area (Å²) in [6.07, 6.45) is 3.53. The van der Waals surface area contributed by atoms with Crippen molar-refractivity contribution < 1.29 is 22.8 Å². The number of thioether (sulfide) groups is 1. The number of carbonyl (C=O) groups excluding carboxylic acids is 3. The van der Waals surface area contributed by atoms with Crippen molar-refractivity contribution in [1.29, 1.82) is 0 Å². The molecule has 2 N–H and O–H groups in total.